The van der Waals surface area contributed by atoms with E-state index in [9.17, 15) is 9.50 Å². The average Bonchev–Trinajstić information content (AvgIpc) is 2.18. The summed E-state index contributed by atoms with van der Waals surface area (Å²) in [5.74, 6) is -0.327. The van der Waals surface area contributed by atoms with Crippen molar-refractivity contribution in [2.24, 2.45) is 0 Å². The first-order valence-corrected chi connectivity index (χ1v) is 5.50. The molecule has 0 aromatic carbocycles. The van der Waals surface area contributed by atoms with E-state index in [-0.39, 0.29) is 5.82 Å². The first-order valence-electron chi connectivity index (χ1n) is 5.50. The van der Waals surface area contributed by atoms with Crippen LogP contribution in [0.15, 0.2) is 18.5 Å². The summed E-state index contributed by atoms with van der Waals surface area (Å²) in [7, 11) is 0. The summed E-state index contributed by atoms with van der Waals surface area (Å²) in [6.45, 7) is 0. The quantitative estimate of drug-likeness (QED) is 0.811. The van der Waals surface area contributed by atoms with Gasteiger partial charge in [0.15, 0.2) is 0 Å². The summed E-state index contributed by atoms with van der Waals surface area (Å²) >= 11 is 0. The van der Waals surface area contributed by atoms with Crippen LogP contribution in [0.5, 0.6) is 0 Å². The molecule has 1 aliphatic rings. The molecule has 1 aromatic heterocycles. The molecule has 1 N–H and O–H groups in total. The highest BCUT2D eigenvalue weighted by atomic mass is 19.1. The molecule has 0 bridgehead atoms. The van der Waals surface area contributed by atoms with E-state index in [1.54, 1.807) is 6.20 Å². The predicted octanol–water partition coefficient (Wildman–Crippen LogP) is 2.46. The van der Waals surface area contributed by atoms with Crippen LogP contribution in [-0.2, 0) is 6.42 Å². The van der Waals surface area contributed by atoms with E-state index in [0.717, 1.165) is 31.2 Å². The lowest BCUT2D eigenvalue weighted by Crippen LogP contribution is -2.33. The Morgan fingerprint density at radius 2 is 2.00 bits per heavy atom. The zero-order valence-corrected chi connectivity index (χ0v) is 8.75. The zero-order valence-electron chi connectivity index (χ0n) is 8.75. The van der Waals surface area contributed by atoms with Crippen molar-refractivity contribution in [2.45, 2.75) is 44.1 Å². The van der Waals surface area contributed by atoms with Gasteiger partial charge in [0.25, 0.3) is 0 Å². The number of aromatic nitrogens is 1. The zero-order chi connectivity index (χ0) is 10.7. The lowest BCUT2D eigenvalue weighted by Gasteiger charge is -2.32. The Hall–Kier alpha value is -0.960. The number of hydrogen-bond acceptors (Lipinski definition) is 2. The molecule has 1 aliphatic carbocycles. The van der Waals surface area contributed by atoms with Crippen molar-refractivity contribution in [3.05, 3.63) is 29.8 Å². The topological polar surface area (TPSA) is 33.1 Å². The molecule has 0 spiro atoms. The Bertz CT molecular complexity index is 334. The van der Waals surface area contributed by atoms with Crippen molar-refractivity contribution in [2.75, 3.05) is 0 Å². The molecule has 1 fully saturated rings. The summed E-state index contributed by atoms with van der Waals surface area (Å²) in [6.07, 6.45) is 8.33. The van der Waals surface area contributed by atoms with Crippen molar-refractivity contribution >= 4 is 0 Å². The van der Waals surface area contributed by atoms with Gasteiger partial charge in [-0.3, -0.25) is 4.98 Å². The minimum atomic E-state index is -0.631. The summed E-state index contributed by atoms with van der Waals surface area (Å²) in [5.41, 5.74) is 0.160. The van der Waals surface area contributed by atoms with E-state index in [1.807, 2.05) is 0 Å². The minimum Gasteiger partial charge on any atom is -0.390 e. The van der Waals surface area contributed by atoms with Crippen molar-refractivity contribution in [3.63, 3.8) is 0 Å². The Morgan fingerprint density at radius 3 is 2.67 bits per heavy atom. The molecule has 2 nitrogen and oxygen atoms in total. The third-order valence-corrected chi connectivity index (χ3v) is 3.08. The molecule has 0 atom stereocenters. The first kappa shape index (κ1) is 10.6. The monoisotopic (exact) mass is 209 g/mol. The number of pyridine rings is 1. The molecule has 82 valence electrons. The van der Waals surface area contributed by atoms with Crippen molar-refractivity contribution in [1.82, 2.24) is 4.98 Å². The fourth-order valence-corrected chi connectivity index (χ4v) is 2.32. The van der Waals surface area contributed by atoms with Crippen LogP contribution in [0.4, 0.5) is 4.39 Å². The molecule has 1 aromatic rings. The summed E-state index contributed by atoms with van der Waals surface area (Å²) in [4.78, 5) is 3.79. The second-order valence-electron chi connectivity index (χ2n) is 4.47. The van der Waals surface area contributed by atoms with Crippen LogP contribution in [0.3, 0.4) is 0 Å². The fraction of sp³-hybridized carbons (Fsp3) is 0.583. The van der Waals surface area contributed by atoms with E-state index < -0.39 is 5.60 Å². The molecule has 0 amide bonds. The number of rotatable bonds is 2. The van der Waals surface area contributed by atoms with Gasteiger partial charge in [0.05, 0.1) is 11.8 Å². The van der Waals surface area contributed by atoms with Crippen LogP contribution < -0.4 is 0 Å². The van der Waals surface area contributed by atoms with Crippen LogP contribution in [0, 0.1) is 5.82 Å². The van der Waals surface area contributed by atoms with Crippen LogP contribution in [0.25, 0.3) is 0 Å². The molecule has 0 saturated heterocycles. The van der Waals surface area contributed by atoms with Gasteiger partial charge in [-0.1, -0.05) is 19.3 Å². The Kier molecular flexibility index (Phi) is 3.00. The lowest BCUT2D eigenvalue weighted by atomic mass is 9.81. The third-order valence-electron chi connectivity index (χ3n) is 3.08. The number of nitrogens with zero attached hydrogens (tertiary/aromatic N) is 1. The molecule has 2 rings (SSSR count). The van der Waals surface area contributed by atoms with Crippen molar-refractivity contribution in [1.29, 1.82) is 0 Å². The summed E-state index contributed by atoms with van der Waals surface area (Å²) < 4.78 is 12.9. The number of aliphatic hydroxyl groups is 1. The molecule has 1 heterocycles. The standard InChI is InChI=1S/C12H16FNO/c13-11-6-10(8-14-9-11)7-12(15)4-2-1-3-5-12/h6,8-9,15H,1-5,7H2. The first-order chi connectivity index (χ1) is 7.18. The maximum Gasteiger partial charge on any atom is 0.141 e. The normalized spacial score (nSPS) is 20.1. The predicted molar refractivity (Wildman–Crippen MR) is 55.9 cm³/mol. The van der Waals surface area contributed by atoms with Gasteiger partial charge in [-0.2, -0.15) is 0 Å². The SMILES string of the molecule is OC1(Cc2cncc(F)c2)CCCCC1. The highest BCUT2D eigenvalue weighted by molar-refractivity contribution is 5.13. The van der Waals surface area contributed by atoms with E-state index in [2.05, 4.69) is 4.98 Å². The van der Waals surface area contributed by atoms with E-state index in [4.69, 9.17) is 0 Å². The molecular weight excluding hydrogens is 193 g/mol. The smallest absolute Gasteiger partial charge is 0.141 e. The largest absolute Gasteiger partial charge is 0.390 e. The second-order valence-corrected chi connectivity index (χ2v) is 4.47. The molecular formula is C12H16FNO. The van der Waals surface area contributed by atoms with Gasteiger partial charge >= 0.3 is 0 Å². The molecule has 0 aliphatic heterocycles. The molecule has 0 radical (unpaired) electrons. The second kappa shape index (κ2) is 4.27. The Balaban J connectivity index is 2.06. The van der Waals surface area contributed by atoms with Crippen LogP contribution in [0.2, 0.25) is 0 Å². The van der Waals surface area contributed by atoms with E-state index in [0.29, 0.717) is 6.42 Å². The fourth-order valence-electron chi connectivity index (χ4n) is 2.32. The molecule has 15 heavy (non-hydrogen) atoms. The summed E-state index contributed by atoms with van der Waals surface area (Å²) in [6, 6.07) is 1.46. The molecule has 3 heteroatoms. The number of hydrogen-bond donors (Lipinski definition) is 1. The average molecular weight is 209 g/mol. The van der Waals surface area contributed by atoms with E-state index >= 15 is 0 Å². The van der Waals surface area contributed by atoms with Gasteiger partial charge < -0.3 is 5.11 Å². The maximum absolute atomic E-state index is 12.9. The Morgan fingerprint density at radius 1 is 1.27 bits per heavy atom. The van der Waals surface area contributed by atoms with Crippen molar-refractivity contribution < 1.29 is 9.50 Å². The molecule has 1 saturated carbocycles. The van der Waals surface area contributed by atoms with Crippen LogP contribution >= 0.6 is 0 Å². The van der Waals surface area contributed by atoms with Gasteiger partial charge in [-0.15, -0.1) is 0 Å². The third kappa shape index (κ3) is 2.75. The minimum absolute atomic E-state index is 0.327. The van der Waals surface area contributed by atoms with Gasteiger partial charge in [0.1, 0.15) is 5.82 Å². The Labute approximate surface area is 89.2 Å². The molecule has 0 unspecified atom stereocenters. The van der Waals surface area contributed by atoms with Gasteiger partial charge in [-0.05, 0) is 24.5 Å². The highest BCUT2D eigenvalue weighted by Gasteiger charge is 2.29. The van der Waals surface area contributed by atoms with Gasteiger partial charge in [0, 0.05) is 12.6 Å². The maximum atomic E-state index is 12.9. The van der Waals surface area contributed by atoms with Gasteiger partial charge in [0.2, 0.25) is 0 Å². The van der Waals surface area contributed by atoms with Crippen molar-refractivity contribution in [3.8, 4) is 0 Å². The number of halogens is 1. The summed E-state index contributed by atoms with van der Waals surface area (Å²) in [5, 5.41) is 10.3. The van der Waals surface area contributed by atoms with Crippen LogP contribution in [-0.4, -0.2) is 15.7 Å². The van der Waals surface area contributed by atoms with E-state index in [1.165, 1.54) is 18.7 Å². The lowest BCUT2D eigenvalue weighted by molar-refractivity contribution is 0.00438. The highest BCUT2D eigenvalue weighted by Crippen LogP contribution is 2.30. The van der Waals surface area contributed by atoms with Crippen LogP contribution in [0.1, 0.15) is 37.7 Å². The van der Waals surface area contributed by atoms with Gasteiger partial charge in [-0.25, -0.2) is 4.39 Å².